The normalized spacial score (nSPS) is 11.7. The lowest BCUT2D eigenvalue weighted by Crippen LogP contribution is -2.13. The van der Waals surface area contributed by atoms with Crippen molar-refractivity contribution in [3.05, 3.63) is 63.0 Å². The fourth-order valence-corrected chi connectivity index (χ4v) is 4.19. The number of azide groups is 1. The van der Waals surface area contributed by atoms with Gasteiger partial charge in [0.1, 0.15) is 6.10 Å². The van der Waals surface area contributed by atoms with E-state index >= 15 is 0 Å². The van der Waals surface area contributed by atoms with Gasteiger partial charge in [0.2, 0.25) is 0 Å². The molecule has 0 N–H and O–H groups in total. The third kappa shape index (κ3) is 12.9. The third-order valence-electron chi connectivity index (χ3n) is 5.57. The maximum atomic E-state index is 11.8. The van der Waals surface area contributed by atoms with Crippen molar-refractivity contribution in [2.75, 3.05) is 19.8 Å². The highest BCUT2D eigenvalue weighted by Gasteiger charge is 2.16. The lowest BCUT2D eigenvalue weighted by Gasteiger charge is -2.20. The van der Waals surface area contributed by atoms with Gasteiger partial charge in [-0.25, -0.2) is 4.98 Å². The summed E-state index contributed by atoms with van der Waals surface area (Å²) in [6.45, 7) is 2.25. The van der Waals surface area contributed by atoms with E-state index in [1.54, 1.807) is 18.6 Å². The van der Waals surface area contributed by atoms with E-state index in [1.165, 1.54) is 0 Å². The van der Waals surface area contributed by atoms with Gasteiger partial charge in [-0.2, -0.15) is 0 Å². The topological polar surface area (TPSA) is 102 Å². The first kappa shape index (κ1) is 29.0. The minimum absolute atomic E-state index is 0.121. The van der Waals surface area contributed by atoms with Crippen LogP contribution in [-0.4, -0.2) is 35.3 Å². The van der Waals surface area contributed by atoms with Gasteiger partial charge in [-0.3, -0.25) is 4.79 Å². The van der Waals surface area contributed by atoms with Crippen molar-refractivity contribution >= 4 is 29.2 Å². The zero-order valence-electron chi connectivity index (χ0n) is 20.2. The van der Waals surface area contributed by atoms with Gasteiger partial charge in [-0.1, -0.05) is 66.5 Å². The summed E-state index contributed by atoms with van der Waals surface area (Å²) in [6, 6.07) is 5.48. The number of aromatic nitrogens is 2. The van der Waals surface area contributed by atoms with E-state index in [0.717, 1.165) is 63.4 Å². The molecule has 8 nitrogen and oxygen atoms in total. The molecule has 35 heavy (non-hydrogen) atoms. The predicted octanol–water partition coefficient (Wildman–Crippen LogP) is 7.70. The Morgan fingerprint density at radius 2 is 1.80 bits per heavy atom. The van der Waals surface area contributed by atoms with E-state index in [2.05, 4.69) is 15.0 Å². The van der Waals surface area contributed by atoms with Crippen LogP contribution in [0.1, 0.15) is 75.9 Å². The van der Waals surface area contributed by atoms with Gasteiger partial charge in [0.25, 0.3) is 0 Å². The molecular formula is C25H35Cl2N5O3. The van der Waals surface area contributed by atoms with Crippen LogP contribution in [0.5, 0.6) is 0 Å². The van der Waals surface area contributed by atoms with Gasteiger partial charge in [0, 0.05) is 52.5 Å². The molecule has 0 spiro atoms. The summed E-state index contributed by atoms with van der Waals surface area (Å²) in [6.07, 6.45) is 14.3. The van der Waals surface area contributed by atoms with Crippen molar-refractivity contribution in [1.82, 2.24) is 9.55 Å². The zero-order chi connectivity index (χ0) is 25.1. The van der Waals surface area contributed by atoms with Crippen LogP contribution in [-0.2, 0) is 20.8 Å². The molecule has 0 aliphatic rings. The third-order valence-corrected chi connectivity index (χ3v) is 6.13. The second-order valence-electron chi connectivity index (χ2n) is 8.39. The van der Waals surface area contributed by atoms with E-state index < -0.39 is 0 Å². The summed E-state index contributed by atoms with van der Waals surface area (Å²) in [4.78, 5) is 18.6. The van der Waals surface area contributed by atoms with E-state index in [-0.39, 0.29) is 12.1 Å². The van der Waals surface area contributed by atoms with E-state index in [1.807, 2.05) is 22.9 Å². The molecule has 1 aromatic heterocycles. The maximum Gasteiger partial charge on any atom is 0.305 e. The SMILES string of the molecule is [N-]=[N+]=NCCCCCCOC(=O)CCCCCCCOC(Cn1ccnc1)c1ccc(Cl)cc1Cl. The number of ether oxygens (including phenoxy) is 2. The van der Waals surface area contributed by atoms with Crippen LogP contribution in [0.15, 0.2) is 42.0 Å². The van der Waals surface area contributed by atoms with Crippen LogP contribution >= 0.6 is 23.2 Å². The molecular weight excluding hydrogens is 489 g/mol. The standard InChI is InChI=1S/C25H35Cl2N5O3/c26-21-11-12-22(23(27)18-21)24(19-32-15-14-29-20-32)34-16-8-4-1-2-6-10-25(33)35-17-9-5-3-7-13-30-31-28/h11-12,14-15,18,20,24H,1-10,13,16-17,19H2. The van der Waals surface area contributed by atoms with Gasteiger partial charge in [0.05, 0.1) is 19.5 Å². The molecule has 2 aromatic rings. The Kier molecular flexibility index (Phi) is 15.0. The predicted molar refractivity (Wildman–Crippen MR) is 139 cm³/mol. The van der Waals surface area contributed by atoms with Gasteiger partial charge in [0.15, 0.2) is 0 Å². The van der Waals surface area contributed by atoms with Crippen molar-refractivity contribution in [2.45, 2.75) is 76.9 Å². The minimum atomic E-state index is -0.185. The highest BCUT2D eigenvalue weighted by molar-refractivity contribution is 6.35. The Hall–Kier alpha value is -2.25. The molecule has 0 fully saturated rings. The van der Waals surface area contributed by atoms with Crippen LogP contribution in [0.2, 0.25) is 10.0 Å². The number of rotatable bonds is 19. The Balaban J connectivity index is 1.54. The molecule has 2 rings (SSSR count). The molecule has 10 heteroatoms. The number of nitrogens with zero attached hydrogens (tertiary/aromatic N) is 5. The average Bonchev–Trinajstić information content (AvgIpc) is 3.35. The van der Waals surface area contributed by atoms with E-state index in [9.17, 15) is 4.79 Å². The summed E-state index contributed by atoms with van der Waals surface area (Å²) in [5.41, 5.74) is 9.12. The molecule has 1 heterocycles. The first-order valence-corrected chi connectivity index (χ1v) is 13.0. The molecule has 0 radical (unpaired) electrons. The number of benzene rings is 1. The molecule has 0 amide bonds. The Labute approximate surface area is 217 Å². The van der Waals surface area contributed by atoms with Crippen molar-refractivity contribution in [3.63, 3.8) is 0 Å². The molecule has 1 atom stereocenters. The van der Waals surface area contributed by atoms with Gasteiger partial charge in [-0.05, 0) is 43.3 Å². The summed E-state index contributed by atoms with van der Waals surface area (Å²) in [7, 11) is 0. The first-order valence-electron chi connectivity index (χ1n) is 12.3. The minimum Gasteiger partial charge on any atom is -0.466 e. The first-order chi connectivity index (χ1) is 17.1. The number of imidazole rings is 1. The number of hydrogen-bond acceptors (Lipinski definition) is 5. The van der Waals surface area contributed by atoms with Crippen LogP contribution in [0.25, 0.3) is 10.4 Å². The van der Waals surface area contributed by atoms with Gasteiger partial charge in [-0.15, -0.1) is 0 Å². The maximum absolute atomic E-state index is 11.8. The monoisotopic (exact) mass is 523 g/mol. The van der Waals surface area contributed by atoms with E-state index in [0.29, 0.717) is 42.8 Å². The molecule has 1 unspecified atom stereocenters. The number of carbonyl (C=O) groups is 1. The summed E-state index contributed by atoms with van der Waals surface area (Å²) < 4.78 is 13.4. The number of halogens is 2. The molecule has 0 saturated heterocycles. The Morgan fingerprint density at radius 1 is 1.06 bits per heavy atom. The number of hydrogen-bond donors (Lipinski definition) is 0. The lowest BCUT2D eigenvalue weighted by atomic mass is 10.1. The average molecular weight is 524 g/mol. The molecule has 0 bridgehead atoms. The molecule has 192 valence electrons. The molecule has 0 aliphatic heterocycles. The van der Waals surface area contributed by atoms with Crippen molar-refractivity contribution in [2.24, 2.45) is 5.11 Å². The number of carbonyl (C=O) groups excluding carboxylic acids is 1. The summed E-state index contributed by atoms with van der Waals surface area (Å²) in [5.74, 6) is -0.121. The van der Waals surface area contributed by atoms with E-state index in [4.69, 9.17) is 38.2 Å². The number of unbranched alkanes of at least 4 members (excludes halogenated alkanes) is 7. The van der Waals surface area contributed by atoms with Crippen LogP contribution in [0, 0.1) is 0 Å². The highest BCUT2D eigenvalue weighted by atomic mass is 35.5. The van der Waals surface area contributed by atoms with Crippen molar-refractivity contribution in [3.8, 4) is 0 Å². The largest absolute Gasteiger partial charge is 0.466 e. The Morgan fingerprint density at radius 3 is 2.54 bits per heavy atom. The lowest BCUT2D eigenvalue weighted by molar-refractivity contribution is -0.143. The van der Waals surface area contributed by atoms with Crippen LogP contribution < -0.4 is 0 Å². The molecule has 0 saturated carbocycles. The fourth-order valence-electron chi connectivity index (χ4n) is 3.66. The van der Waals surface area contributed by atoms with Crippen molar-refractivity contribution < 1.29 is 14.3 Å². The quantitative estimate of drug-likeness (QED) is 0.0617. The second kappa shape index (κ2) is 18.1. The number of esters is 1. The summed E-state index contributed by atoms with van der Waals surface area (Å²) >= 11 is 12.5. The molecule has 1 aromatic carbocycles. The Bertz CT molecular complexity index is 905. The van der Waals surface area contributed by atoms with Crippen molar-refractivity contribution in [1.29, 1.82) is 0 Å². The van der Waals surface area contributed by atoms with Gasteiger partial charge >= 0.3 is 5.97 Å². The fraction of sp³-hybridized carbons (Fsp3) is 0.600. The summed E-state index contributed by atoms with van der Waals surface area (Å²) in [5, 5.41) is 4.70. The van der Waals surface area contributed by atoms with Gasteiger partial charge < -0.3 is 14.0 Å². The highest BCUT2D eigenvalue weighted by Crippen LogP contribution is 2.30. The van der Waals surface area contributed by atoms with Crippen LogP contribution in [0.4, 0.5) is 0 Å². The van der Waals surface area contributed by atoms with Crippen LogP contribution in [0.3, 0.4) is 0 Å². The smallest absolute Gasteiger partial charge is 0.305 e. The zero-order valence-corrected chi connectivity index (χ0v) is 21.7. The molecule has 0 aliphatic carbocycles. The second-order valence-corrected chi connectivity index (χ2v) is 9.24.